The Kier molecular flexibility index (Phi) is 12.1. The van der Waals surface area contributed by atoms with E-state index in [9.17, 15) is 18.8 Å². The van der Waals surface area contributed by atoms with Gasteiger partial charge in [0.2, 0.25) is 17.7 Å². The minimum absolute atomic E-state index is 0.226. The van der Waals surface area contributed by atoms with Crippen LogP contribution in [0.1, 0.15) is 29.5 Å². The molecule has 0 radical (unpaired) electrons. The molecular formula is C27H39FN6O3. The van der Waals surface area contributed by atoms with Crippen molar-refractivity contribution in [3.8, 4) is 0 Å². The first-order valence-electron chi connectivity index (χ1n) is 12.4. The molecule has 10 heteroatoms. The molecule has 7 N–H and O–H groups in total. The highest BCUT2D eigenvalue weighted by molar-refractivity contribution is 5.92. The van der Waals surface area contributed by atoms with Gasteiger partial charge in [0.25, 0.3) is 0 Å². The molecular weight excluding hydrogens is 475 g/mol. The topological polar surface area (TPSA) is 148 Å². The molecule has 0 unspecified atom stereocenters. The molecule has 3 amide bonds. The Morgan fingerprint density at radius 2 is 1.65 bits per heavy atom. The molecule has 0 bridgehead atoms. The zero-order chi connectivity index (χ0) is 27.4. The molecule has 0 fully saturated rings. The monoisotopic (exact) mass is 514 g/mol. The predicted molar refractivity (Wildman–Crippen MR) is 142 cm³/mol. The van der Waals surface area contributed by atoms with Crippen LogP contribution in [-0.4, -0.2) is 72.8 Å². The van der Waals surface area contributed by atoms with Crippen molar-refractivity contribution in [2.45, 2.75) is 44.8 Å². The van der Waals surface area contributed by atoms with Crippen molar-refractivity contribution in [2.24, 2.45) is 17.2 Å². The van der Waals surface area contributed by atoms with Crippen LogP contribution in [0.15, 0.2) is 48.5 Å². The van der Waals surface area contributed by atoms with Crippen LogP contribution >= 0.6 is 0 Å². The van der Waals surface area contributed by atoms with Crippen LogP contribution in [0.2, 0.25) is 0 Å². The van der Waals surface area contributed by atoms with Crippen LogP contribution in [0.25, 0.3) is 0 Å². The Labute approximate surface area is 218 Å². The Morgan fingerprint density at radius 3 is 2.24 bits per heavy atom. The van der Waals surface area contributed by atoms with Crippen LogP contribution in [0.3, 0.4) is 0 Å². The van der Waals surface area contributed by atoms with Gasteiger partial charge in [-0.25, -0.2) is 4.39 Å². The number of carbonyl (C=O) groups is 3. The molecule has 2 aromatic rings. The summed E-state index contributed by atoms with van der Waals surface area (Å²) in [5.41, 5.74) is 19.4. The van der Waals surface area contributed by atoms with Gasteiger partial charge in [-0.05, 0) is 42.5 Å². The van der Waals surface area contributed by atoms with Gasteiger partial charge >= 0.3 is 0 Å². The summed E-state index contributed by atoms with van der Waals surface area (Å²) >= 11 is 0. The summed E-state index contributed by atoms with van der Waals surface area (Å²) in [7, 11) is 1.63. The molecule has 2 rings (SSSR count). The Hall–Kier alpha value is -3.34. The van der Waals surface area contributed by atoms with Gasteiger partial charge in [-0.3, -0.25) is 14.4 Å². The second-order valence-corrected chi connectivity index (χ2v) is 9.13. The maximum absolute atomic E-state index is 13.7. The van der Waals surface area contributed by atoms with Crippen LogP contribution in [-0.2, 0) is 27.3 Å². The quantitative estimate of drug-likeness (QED) is 0.291. The van der Waals surface area contributed by atoms with Gasteiger partial charge < -0.3 is 32.3 Å². The van der Waals surface area contributed by atoms with Gasteiger partial charge in [-0.1, -0.05) is 42.5 Å². The zero-order valence-electron chi connectivity index (χ0n) is 21.7. The van der Waals surface area contributed by atoms with Gasteiger partial charge in [0, 0.05) is 39.8 Å². The fourth-order valence-electron chi connectivity index (χ4n) is 4.00. The maximum Gasteiger partial charge on any atom is 0.245 e. The van der Waals surface area contributed by atoms with E-state index >= 15 is 0 Å². The average molecular weight is 515 g/mol. The standard InChI is InChI=1S/C27H39FN6O3/c1-19-16-21(8-10-22(19)28)18-33(2)27(37)24(11-9-20-6-4-3-5-7-20)32-26(36)23(31)17-25(35)34(14-12-29)15-13-30/h3-8,10,16,23-24H,9,11-15,17-18,29-31H2,1-2H3,(H,32,36)/t23-,24-/m0/s1. The highest BCUT2D eigenvalue weighted by atomic mass is 19.1. The molecule has 0 heterocycles. The molecule has 0 spiro atoms. The number of benzene rings is 2. The van der Waals surface area contributed by atoms with E-state index in [1.807, 2.05) is 30.3 Å². The summed E-state index contributed by atoms with van der Waals surface area (Å²) in [5, 5.41) is 2.75. The first kappa shape index (κ1) is 29.9. The average Bonchev–Trinajstić information content (AvgIpc) is 2.88. The number of halogens is 1. The van der Waals surface area contributed by atoms with E-state index in [4.69, 9.17) is 17.2 Å². The van der Waals surface area contributed by atoms with Gasteiger partial charge in [0.1, 0.15) is 11.9 Å². The lowest BCUT2D eigenvalue weighted by molar-refractivity contribution is -0.137. The summed E-state index contributed by atoms with van der Waals surface area (Å²) in [5.74, 6) is -1.54. The van der Waals surface area contributed by atoms with E-state index in [-0.39, 0.29) is 43.7 Å². The van der Waals surface area contributed by atoms with E-state index in [0.29, 0.717) is 31.5 Å². The fourth-order valence-corrected chi connectivity index (χ4v) is 4.00. The van der Waals surface area contributed by atoms with Crippen molar-refractivity contribution in [1.29, 1.82) is 0 Å². The third-order valence-electron chi connectivity index (χ3n) is 6.08. The number of nitrogens with one attached hydrogen (secondary N) is 1. The van der Waals surface area contributed by atoms with Crippen molar-refractivity contribution in [1.82, 2.24) is 15.1 Å². The number of nitrogens with zero attached hydrogens (tertiary/aromatic N) is 2. The largest absolute Gasteiger partial charge is 0.343 e. The number of likely N-dealkylation sites (N-methyl/N-ethyl adjacent to an activating group) is 1. The molecule has 9 nitrogen and oxygen atoms in total. The molecule has 0 aromatic heterocycles. The minimum atomic E-state index is -1.14. The molecule has 2 atom stereocenters. The summed E-state index contributed by atoms with van der Waals surface area (Å²) in [6, 6.07) is 12.3. The van der Waals surface area contributed by atoms with Gasteiger partial charge in [0.15, 0.2) is 0 Å². The third kappa shape index (κ3) is 9.56. The van der Waals surface area contributed by atoms with Gasteiger partial charge in [-0.15, -0.1) is 0 Å². The van der Waals surface area contributed by atoms with E-state index in [1.165, 1.54) is 15.9 Å². The van der Waals surface area contributed by atoms with Crippen molar-refractivity contribution < 1.29 is 18.8 Å². The minimum Gasteiger partial charge on any atom is -0.343 e. The normalized spacial score (nSPS) is 12.5. The van der Waals surface area contributed by atoms with E-state index in [0.717, 1.165) is 11.1 Å². The summed E-state index contributed by atoms with van der Waals surface area (Å²) in [6.07, 6.45) is 0.667. The molecule has 0 aliphatic carbocycles. The molecule has 0 aliphatic rings. The zero-order valence-corrected chi connectivity index (χ0v) is 21.7. The van der Waals surface area contributed by atoms with Crippen LogP contribution in [0, 0.1) is 12.7 Å². The highest BCUT2D eigenvalue weighted by Crippen LogP contribution is 2.13. The number of amides is 3. The SMILES string of the molecule is Cc1cc(CN(C)C(=O)[C@H](CCc2ccccc2)NC(=O)[C@@H](N)CC(=O)N(CCN)CCN)ccc1F. The highest BCUT2D eigenvalue weighted by Gasteiger charge is 2.28. The number of hydrogen-bond acceptors (Lipinski definition) is 6. The molecule has 0 aliphatic heterocycles. The predicted octanol–water partition coefficient (Wildman–Crippen LogP) is 0.674. The number of aryl methyl sites for hydroxylation is 2. The van der Waals surface area contributed by atoms with Crippen LogP contribution in [0.5, 0.6) is 0 Å². The smallest absolute Gasteiger partial charge is 0.245 e. The van der Waals surface area contributed by atoms with E-state index < -0.39 is 18.0 Å². The fraction of sp³-hybridized carbons (Fsp3) is 0.444. The summed E-state index contributed by atoms with van der Waals surface area (Å²) < 4.78 is 13.7. The Bertz CT molecular complexity index is 1030. The summed E-state index contributed by atoms with van der Waals surface area (Å²) in [6.45, 7) is 3.07. The number of carbonyl (C=O) groups excluding carboxylic acids is 3. The molecule has 0 saturated carbocycles. The summed E-state index contributed by atoms with van der Waals surface area (Å²) in [4.78, 5) is 41.9. The Balaban J connectivity index is 2.11. The number of nitrogens with two attached hydrogens (primary N) is 3. The van der Waals surface area contributed by atoms with Crippen molar-refractivity contribution in [2.75, 3.05) is 33.2 Å². The lowest BCUT2D eigenvalue weighted by Crippen LogP contribution is -2.53. The first-order chi connectivity index (χ1) is 17.7. The number of hydrogen-bond donors (Lipinski definition) is 4. The second kappa shape index (κ2) is 15.0. The molecule has 37 heavy (non-hydrogen) atoms. The number of rotatable bonds is 14. The maximum atomic E-state index is 13.7. The van der Waals surface area contributed by atoms with Crippen molar-refractivity contribution in [3.63, 3.8) is 0 Å². The van der Waals surface area contributed by atoms with Gasteiger partial charge in [-0.2, -0.15) is 0 Å². The third-order valence-corrected chi connectivity index (χ3v) is 6.08. The molecule has 202 valence electrons. The van der Waals surface area contributed by atoms with Crippen molar-refractivity contribution in [3.05, 3.63) is 71.0 Å². The lowest BCUT2D eigenvalue weighted by Gasteiger charge is -2.27. The first-order valence-corrected chi connectivity index (χ1v) is 12.4. The van der Waals surface area contributed by atoms with Gasteiger partial charge in [0.05, 0.1) is 12.5 Å². The Morgan fingerprint density at radius 1 is 1.00 bits per heavy atom. The van der Waals surface area contributed by atoms with Crippen molar-refractivity contribution >= 4 is 17.7 Å². The lowest BCUT2D eigenvalue weighted by atomic mass is 10.0. The van der Waals surface area contributed by atoms with Crippen LogP contribution < -0.4 is 22.5 Å². The van der Waals surface area contributed by atoms with E-state index in [1.54, 1.807) is 26.1 Å². The second-order valence-electron chi connectivity index (χ2n) is 9.13. The van der Waals surface area contributed by atoms with Crippen LogP contribution in [0.4, 0.5) is 4.39 Å². The molecule has 0 saturated heterocycles. The molecule has 2 aromatic carbocycles. The van der Waals surface area contributed by atoms with E-state index in [2.05, 4.69) is 5.32 Å².